The number of rotatable bonds is 6. The fraction of sp³-hybridized carbons (Fsp3) is 0.342. The highest BCUT2D eigenvalue weighted by Crippen LogP contribution is 2.52. The quantitative estimate of drug-likeness (QED) is 0.397. The molecule has 0 saturated heterocycles. The van der Waals surface area contributed by atoms with E-state index in [9.17, 15) is 19.5 Å². The first-order chi connectivity index (χ1) is 22.8. The second kappa shape index (κ2) is 12.1. The molecule has 6 rings (SSSR count). The number of esters is 2. The highest BCUT2D eigenvalue weighted by molar-refractivity contribution is 6.22. The molecule has 10 heteroatoms. The van der Waals surface area contributed by atoms with E-state index in [2.05, 4.69) is 29.9 Å². The van der Waals surface area contributed by atoms with Gasteiger partial charge in [-0.3, -0.25) is 14.6 Å². The normalized spacial score (nSPS) is 29.3. The van der Waals surface area contributed by atoms with Crippen LogP contribution >= 0.6 is 0 Å². The summed E-state index contributed by atoms with van der Waals surface area (Å²) in [5, 5.41) is 14.8. The minimum Gasteiger partial charge on any atom is -0.481 e. The maximum atomic E-state index is 13.6. The number of aromatic amines is 1. The number of carboxylic acids is 1. The Morgan fingerprint density at radius 2 is 1.73 bits per heavy atom. The molecule has 1 aromatic rings. The molecule has 3 N–H and O–H groups in total. The fourth-order valence-electron chi connectivity index (χ4n) is 7.45. The maximum absolute atomic E-state index is 13.6. The van der Waals surface area contributed by atoms with Gasteiger partial charge in [0.1, 0.15) is 5.92 Å². The van der Waals surface area contributed by atoms with Crippen LogP contribution in [0.25, 0.3) is 12.2 Å². The molecule has 0 aromatic carbocycles. The van der Waals surface area contributed by atoms with Gasteiger partial charge in [0.15, 0.2) is 0 Å². The van der Waals surface area contributed by atoms with Gasteiger partial charge in [-0.2, -0.15) is 0 Å². The number of nitrogens with one attached hydrogen (secondary N) is 2. The van der Waals surface area contributed by atoms with E-state index in [1.165, 1.54) is 14.2 Å². The first-order valence-electron chi connectivity index (χ1n) is 16.0. The monoisotopic (exact) mass is 648 g/mol. The van der Waals surface area contributed by atoms with E-state index in [-0.39, 0.29) is 24.0 Å². The highest BCUT2D eigenvalue weighted by atomic mass is 16.5. The molecule has 0 saturated carbocycles. The Morgan fingerprint density at radius 1 is 1.02 bits per heavy atom. The molecule has 5 aliphatic rings. The average Bonchev–Trinajstić information content (AvgIpc) is 3.70. The predicted molar refractivity (Wildman–Crippen MR) is 184 cm³/mol. The minimum atomic E-state index is -1.08. The van der Waals surface area contributed by atoms with Gasteiger partial charge in [-0.15, -0.1) is 0 Å². The zero-order valence-corrected chi connectivity index (χ0v) is 28.3. The van der Waals surface area contributed by atoms with Gasteiger partial charge in [0.2, 0.25) is 0 Å². The molecule has 0 radical (unpaired) electrons. The number of aliphatic imine (C=N–C) groups is 2. The SMILES string of the molecule is C=CC1=C(C)C2=NC/1=C\C1NC(=C(CCC(=O)O)C1C)/C=c1\[nH]/c(c(C)c1C)=C\C1=NC(=C\2)/C2=CC=C(C(=O)OC)[C@@H](C(=O)OC)[C@]21C. The largest absolute Gasteiger partial charge is 0.481 e. The number of aromatic nitrogens is 1. The Kier molecular flexibility index (Phi) is 8.23. The molecule has 10 nitrogen and oxygen atoms in total. The number of methoxy groups -OCH3 is 2. The van der Waals surface area contributed by atoms with Crippen LogP contribution < -0.4 is 16.0 Å². The summed E-state index contributed by atoms with van der Waals surface area (Å²) in [4.78, 5) is 51.9. The number of fused-ring (bicyclic) bond motifs is 9. The maximum Gasteiger partial charge on any atom is 0.334 e. The number of ether oxygens (including phenoxy) is 2. The number of carbonyl (C=O) groups excluding carboxylic acids is 2. The third kappa shape index (κ3) is 5.06. The molecule has 2 unspecified atom stereocenters. The average molecular weight is 649 g/mol. The molecule has 5 heterocycles. The lowest BCUT2D eigenvalue weighted by Gasteiger charge is -2.37. The van der Waals surface area contributed by atoms with E-state index in [0.717, 1.165) is 55.5 Å². The van der Waals surface area contributed by atoms with E-state index in [4.69, 9.17) is 19.5 Å². The zero-order valence-electron chi connectivity index (χ0n) is 28.3. The topological polar surface area (TPSA) is 142 Å². The number of carbonyl (C=O) groups is 3. The van der Waals surface area contributed by atoms with Crippen molar-refractivity contribution in [3.63, 3.8) is 0 Å². The van der Waals surface area contributed by atoms with Crippen molar-refractivity contribution < 1.29 is 29.0 Å². The summed E-state index contributed by atoms with van der Waals surface area (Å²) >= 11 is 0. The molecule has 0 spiro atoms. The third-order valence-electron chi connectivity index (χ3n) is 10.5. The molecule has 8 bridgehead atoms. The van der Waals surface area contributed by atoms with Gasteiger partial charge in [-0.1, -0.05) is 31.7 Å². The summed E-state index contributed by atoms with van der Waals surface area (Å²) in [5.74, 6) is -3.05. The van der Waals surface area contributed by atoms with Crippen LogP contribution in [0.15, 0.2) is 91.9 Å². The van der Waals surface area contributed by atoms with E-state index >= 15 is 0 Å². The highest BCUT2D eigenvalue weighted by Gasteiger charge is 2.55. The van der Waals surface area contributed by atoms with Gasteiger partial charge in [-0.05, 0) is 86.3 Å². The molecule has 4 atom stereocenters. The molecule has 1 aliphatic carbocycles. The van der Waals surface area contributed by atoms with Crippen LogP contribution in [0.2, 0.25) is 0 Å². The van der Waals surface area contributed by atoms with Crippen molar-refractivity contribution in [2.24, 2.45) is 27.2 Å². The number of aliphatic carboxylic acids is 1. The van der Waals surface area contributed by atoms with Gasteiger partial charge in [-0.25, -0.2) is 9.79 Å². The molecular formula is C38H40N4O6. The van der Waals surface area contributed by atoms with E-state index in [1.54, 1.807) is 12.2 Å². The smallest absolute Gasteiger partial charge is 0.334 e. The van der Waals surface area contributed by atoms with Crippen molar-refractivity contribution in [3.8, 4) is 0 Å². The number of hydrogen-bond acceptors (Lipinski definition) is 8. The lowest BCUT2D eigenvalue weighted by molar-refractivity contribution is -0.149. The van der Waals surface area contributed by atoms with Gasteiger partial charge in [0.05, 0.1) is 54.1 Å². The summed E-state index contributed by atoms with van der Waals surface area (Å²) in [7, 11) is 2.59. The van der Waals surface area contributed by atoms with E-state index in [1.807, 2.05) is 52.0 Å². The Labute approximate surface area is 279 Å². The van der Waals surface area contributed by atoms with Crippen LogP contribution in [0.5, 0.6) is 0 Å². The van der Waals surface area contributed by atoms with E-state index in [0.29, 0.717) is 23.5 Å². The lowest BCUT2D eigenvalue weighted by atomic mass is 9.63. The second-order valence-electron chi connectivity index (χ2n) is 13.0. The van der Waals surface area contributed by atoms with Gasteiger partial charge >= 0.3 is 17.9 Å². The molecule has 4 aliphatic heterocycles. The van der Waals surface area contributed by atoms with Crippen molar-refractivity contribution in [2.75, 3.05) is 14.2 Å². The Hall–Kier alpha value is -5.25. The van der Waals surface area contributed by atoms with Crippen molar-refractivity contribution in [1.82, 2.24) is 10.3 Å². The minimum absolute atomic E-state index is 0.0193. The Balaban J connectivity index is 1.67. The fourth-order valence-corrected chi connectivity index (χ4v) is 7.45. The summed E-state index contributed by atoms with van der Waals surface area (Å²) in [6.07, 6.45) is 13.7. The van der Waals surface area contributed by atoms with Crippen LogP contribution in [0.1, 0.15) is 44.7 Å². The van der Waals surface area contributed by atoms with Gasteiger partial charge < -0.3 is 24.9 Å². The summed E-state index contributed by atoms with van der Waals surface area (Å²) in [6, 6.07) is -0.132. The third-order valence-corrected chi connectivity index (χ3v) is 10.5. The van der Waals surface area contributed by atoms with Crippen molar-refractivity contribution in [1.29, 1.82) is 0 Å². The molecule has 0 fully saturated rings. The number of hydrogen-bond donors (Lipinski definition) is 3. The number of H-pyrrole nitrogens is 1. The van der Waals surface area contributed by atoms with Crippen LogP contribution in [-0.4, -0.2) is 59.7 Å². The molecule has 1 aromatic heterocycles. The zero-order chi connectivity index (χ0) is 34.7. The van der Waals surface area contributed by atoms with Crippen LogP contribution in [-0.2, 0) is 23.9 Å². The standard InChI is InChI=1S/C38H40N4O6/c1-9-22-20(4)28-16-32-25-12-10-24(36(45)47-7)35(37(46)48-8)38(25,6)33(42-32)17-29-19(3)18(2)26(39-29)14-31-23(11-13-34(43)44)21(5)27(41-31)15-30(22)40-28/h9-10,12,14-17,21,27,35,39,41H,1,11,13H2,2-8H3,(H,43,44)/b26-14-,29-17-,30-15-,32-16-/t21?,27?,35-,38+/m0/s1. The second-order valence-corrected chi connectivity index (χ2v) is 13.0. The summed E-state index contributed by atoms with van der Waals surface area (Å²) < 4.78 is 10.4. The predicted octanol–water partition coefficient (Wildman–Crippen LogP) is 3.95. The number of carboxylic acid groups (broad SMARTS) is 1. The van der Waals surface area contributed by atoms with Gasteiger partial charge in [0, 0.05) is 34.3 Å². The summed E-state index contributed by atoms with van der Waals surface area (Å²) in [5.41, 5.74) is 8.23. The number of nitrogens with zero attached hydrogens (tertiary/aromatic N) is 2. The summed E-state index contributed by atoms with van der Waals surface area (Å²) in [6.45, 7) is 14.1. The Bertz CT molecular complexity index is 2080. The van der Waals surface area contributed by atoms with Crippen LogP contribution in [0, 0.1) is 31.1 Å². The molecule has 0 amide bonds. The van der Waals surface area contributed by atoms with Crippen molar-refractivity contribution in [2.45, 2.75) is 53.5 Å². The molecule has 48 heavy (non-hydrogen) atoms. The number of allylic oxidation sites excluding steroid dienone is 7. The first-order valence-corrected chi connectivity index (χ1v) is 16.0. The Morgan fingerprint density at radius 3 is 2.38 bits per heavy atom. The van der Waals surface area contributed by atoms with Crippen LogP contribution in [0.4, 0.5) is 0 Å². The van der Waals surface area contributed by atoms with Crippen molar-refractivity contribution in [3.05, 3.63) is 104 Å². The van der Waals surface area contributed by atoms with Crippen molar-refractivity contribution >= 4 is 41.5 Å². The lowest BCUT2D eigenvalue weighted by Crippen LogP contribution is -2.44. The first kappa shape index (κ1) is 32.7. The molecule has 248 valence electrons. The molecular weight excluding hydrogens is 608 g/mol. The van der Waals surface area contributed by atoms with Gasteiger partial charge in [0.25, 0.3) is 0 Å². The van der Waals surface area contributed by atoms with E-state index < -0.39 is 29.2 Å². The van der Waals surface area contributed by atoms with Crippen LogP contribution in [0.3, 0.4) is 0 Å².